The van der Waals surface area contributed by atoms with Gasteiger partial charge in [0.15, 0.2) is 6.04 Å². The first-order valence-corrected chi connectivity index (χ1v) is 6.82. The molecule has 0 fully saturated rings. The number of sulfonamides is 1. The van der Waals surface area contributed by atoms with Crippen LogP contribution in [0.15, 0.2) is 28.1 Å². The topological polar surface area (TPSA) is 128 Å². The summed E-state index contributed by atoms with van der Waals surface area (Å²) >= 11 is 0. The van der Waals surface area contributed by atoms with Crippen LogP contribution in [0.5, 0.6) is 0 Å². The second-order valence-electron chi connectivity index (χ2n) is 3.89. The minimum absolute atomic E-state index is 0.0611. The van der Waals surface area contributed by atoms with E-state index in [4.69, 9.17) is 10.2 Å². The number of nitrogens with zero attached hydrogens (tertiary/aromatic N) is 1. The van der Waals surface area contributed by atoms with Crippen LogP contribution in [0.1, 0.15) is 0 Å². The van der Waals surface area contributed by atoms with E-state index in [1.54, 1.807) is 0 Å². The van der Waals surface area contributed by atoms with Crippen molar-refractivity contribution in [3.8, 4) is 0 Å². The number of benzene rings is 1. The highest BCUT2D eigenvalue weighted by Gasteiger charge is 2.28. The molecular formula is C10H10FN3O5S. The lowest BCUT2D eigenvalue weighted by atomic mass is 10.3. The molecule has 0 bridgehead atoms. The van der Waals surface area contributed by atoms with Gasteiger partial charge in [-0.05, 0) is 18.2 Å². The lowest BCUT2D eigenvalue weighted by Crippen LogP contribution is -2.42. The normalized spacial score (nSPS) is 19.6. The molecule has 0 radical (unpaired) electrons. The van der Waals surface area contributed by atoms with E-state index in [1.165, 1.54) is 6.07 Å². The van der Waals surface area contributed by atoms with Gasteiger partial charge in [-0.15, -0.1) is 0 Å². The highest BCUT2D eigenvalue weighted by Crippen LogP contribution is 2.25. The van der Waals surface area contributed by atoms with Crippen LogP contribution in [0.2, 0.25) is 0 Å². The first-order chi connectivity index (χ1) is 9.33. The Bertz CT molecular complexity index is 688. The number of guanidine groups is 1. The number of aliphatic hydroxyl groups is 1. The standard InChI is InChI=1S/C10H10FN3O5S/c11-5-1-2-6-8(3-5)20(18,19)14-10(12-6)13-7(4-15)9(16)17/h1-3,7,15H,4H2,(H,16,17)(H2,12,13,14). The van der Waals surface area contributed by atoms with Crippen molar-refractivity contribution in [2.45, 2.75) is 10.9 Å². The van der Waals surface area contributed by atoms with Crippen LogP contribution in [-0.4, -0.2) is 43.2 Å². The van der Waals surface area contributed by atoms with Crippen molar-refractivity contribution in [2.24, 2.45) is 4.99 Å². The summed E-state index contributed by atoms with van der Waals surface area (Å²) in [5.41, 5.74) is 0.0611. The Balaban J connectivity index is 2.43. The zero-order valence-electron chi connectivity index (χ0n) is 9.87. The number of aliphatic imine (C=N–C) groups is 1. The summed E-state index contributed by atoms with van der Waals surface area (Å²) in [5, 5.41) is 20.1. The van der Waals surface area contributed by atoms with Crippen molar-refractivity contribution in [1.29, 1.82) is 0 Å². The van der Waals surface area contributed by atoms with E-state index in [0.717, 1.165) is 12.1 Å². The van der Waals surface area contributed by atoms with Gasteiger partial charge < -0.3 is 15.5 Å². The SMILES string of the molecule is O=C(O)C(CO)N=C1Nc2ccc(F)cc2S(=O)(=O)N1. The van der Waals surface area contributed by atoms with Crippen LogP contribution in [-0.2, 0) is 14.8 Å². The van der Waals surface area contributed by atoms with E-state index in [-0.39, 0.29) is 16.5 Å². The number of carboxylic acids is 1. The molecular weight excluding hydrogens is 293 g/mol. The third-order valence-corrected chi connectivity index (χ3v) is 3.84. The first kappa shape index (κ1) is 14.2. The quantitative estimate of drug-likeness (QED) is 0.586. The number of carboxylic acid groups (broad SMARTS) is 1. The number of halogens is 1. The highest BCUT2D eigenvalue weighted by molar-refractivity contribution is 7.90. The minimum Gasteiger partial charge on any atom is -0.480 e. The van der Waals surface area contributed by atoms with Crippen LogP contribution in [0.3, 0.4) is 0 Å². The van der Waals surface area contributed by atoms with Crippen molar-refractivity contribution in [3.63, 3.8) is 0 Å². The van der Waals surface area contributed by atoms with Crippen molar-refractivity contribution in [1.82, 2.24) is 4.72 Å². The summed E-state index contributed by atoms with van der Waals surface area (Å²) in [6.07, 6.45) is 0. The average molecular weight is 303 g/mol. The van der Waals surface area contributed by atoms with Crippen LogP contribution < -0.4 is 10.0 Å². The monoisotopic (exact) mass is 303 g/mol. The molecule has 10 heteroatoms. The van der Waals surface area contributed by atoms with E-state index in [1.807, 2.05) is 4.72 Å². The predicted molar refractivity (Wildman–Crippen MR) is 66.3 cm³/mol. The Morgan fingerprint density at radius 2 is 2.15 bits per heavy atom. The van der Waals surface area contributed by atoms with Crippen LogP contribution in [0.4, 0.5) is 10.1 Å². The van der Waals surface area contributed by atoms with Gasteiger partial charge in [0.25, 0.3) is 10.0 Å². The molecule has 1 heterocycles. The molecule has 2 rings (SSSR count). The fourth-order valence-corrected chi connectivity index (χ4v) is 2.69. The molecule has 1 aliphatic rings. The largest absolute Gasteiger partial charge is 0.480 e. The molecule has 0 aromatic heterocycles. The van der Waals surface area contributed by atoms with E-state index in [9.17, 15) is 17.6 Å². The number of hydrogen-bond donors (Lipinski definition) is 4. The Labute approximate surface area is 113 Å². The molecule has 8 nitrogen and oxygen atoms in total. The summed E-state index contributed by atoms with van der Waals surface area (Å²) in [7, 11) is -4.05. The van der Waals surface area contributed by atoms with Crippen LogP contribution in [0.25, 0.3) is 0 Å². The van der Waals surface area contributed by atoms with E-state index >= 15 is 0 Å². The van der Waals surface area contributed by atoms with Gasteiger partial charge in [-0.25, -0.2) is 27.3 Å². The van der Waals surface area contributed by atoms with Crippen molar-refractivity contribution >= 4 is 27.6 Å². The molecule has 1 aromatic rings. The predicted octanol–water partition coefficient (Wildman–Crippen LogP) is -0.669. The van der Waals surface area contributed by atoms with Gasteiger partial charge in [0.1, 0.15) is 10.7 Å². The van der Waals surface area contributed by atoms with Gasteiger partial charge in [0.05, 0.1) is 12.3 Å². The molecule has 4 N–H and O–H groups in total. The maximum Gasteiger partial charge on any atom is 0.330 e. The number of carbonyl (C=O) groups is 1. The molecule has 20 heavy (non-hydrogen) atoms. The third-order valence-electron chi connectivity index (χ3n) is 2.46. The molecule has 1 aromatic carbocycles. The van der Waals surface area contributed by atoms with Crippen LogP contribution >= 0.6 is 0 Å². The Kier molecular flexibility index (Phi) is 3.59. The van der Waals surface area contributed by atoms with Gasteiger partial charge in [-0.3, -0.25) is 0 Å². The zero-order chi connectivity index (χ0) is 14.9. The van der Waals surface area contributed by atoms with Crippen LogP contribution in [0, 0.1) is 5.82 Å². The second kappa shape index (κ2) is 5.06. The smallest absolute Gasteiger partial charge is 0.330 e. The number of aliphatic carboxylic acids is 1. The summed E-state index contributed by atoms with van der Waals surface area (Å²) in [6.45, 7) is -0.793. The molecule has 0 saturated carbocycles. The Morgan fingerprint density at radius 1 is 1.45 bits per heavy atom. The number of rotatable bonds is 3. The molecule has 0 saturated heterocycles. The highest BCUT2D eigenvalue weighted by atomic mass is 32.2. The van der Waals surface area contributed by atoms with Crippen molar-refractivity contribution < 1.29 is 27.8 Å². The first-order valence-electron chi connectivity index (χ1n) is 5.34. The maximum absolute atomic E-state index is 13.0. The molecule has 0 amide bonds. The fraction of sp³-hybridized carbons (Fsp3) is 0.200. The summed E-state index contributed by atoms with van der Waals surface area (Å²) in [5.74, 6) is -2.49. The summed E-state index contributed by atoms with van der Waals surface area (Å²) in [4.78, 5) is 14.0. The molecule has 1 atom stereocenters. The lowest BCUT2D eigenvalue weighted by molar-refractivity contribution is -0.139. The van der Waals surface area contributed by atoms with Crippen molar-refractivity contribution in [2.75, 3.05) is 11.9 Å². The van der Waals surface area contributed by atoms with E-state index < -0.39 is 34.5 Å². The molecule has 0 spiro atoms. The number of hydrogen-bond acceptors (Lipinski definition) is 5. The summed E-state index contributed by atoms with van der Waals surface area (Å²) in [6, 6.07) is 1.54. The maximum atomic E-state index is 13.0. The van der Waals surface area contributed by atoms with E-state index in [0.29, 0.717) is 0 Å². The van der Waals surface area contributed by atoms with Gasteiger partial charge in [-0.2, -0.15) is 0 Å². The Hall–Kier alpha value is -2.20. The van der Waals surface area contributed by atoms with Crippen molar-refractivity contribution in [3.05, 3.63) is 24.0 Å². The van der Waals surface area contributed by atoms with Gasteiger partial charge in [0, 0.05) is 0 Å². The van der Waals surface area contributed by atoms with E-state index in [2.05, 4.69) is 10.3 Å². The molecule has 1 unspecified atom stereocenters. The Morgan fingerprint density at radius 3 is 2.75 bits per heavy atom. The van der Waals surface area contributed by atoms with Gasteiger partial charge in [0.2, 0.25) is 5.96 Å². The third kappa shape index (κ3) is 2.70. The molecule has 0 aliphatic carbocycles. The average Bonchev–Trinajstić information content (AvgIpc) is 2.36. The zero-order valence-corrected chi connectivity index (χ0v) is 10.7. The number of nitrogens with one attached hydrogen (secondary N) is 2. The summed E-state index contributed by atoms with van der Waals surface area (Å²) < 4.78 is 38.7. The minimum atomic E-state index is -4.05. The number of aliphatic hydroxyl groups excluding tert-OH is 1. The molecule has 108 valence electrons. The lowest BCUT2D eigenvalue weighted by Gasteiger charge is -2.22. The molecule has 1 aliphatic heterocycles. The number of fused-ring (bicyclic) bond motifs is 1. The second-order valence-corrected chi connectivity index (χ2v) is 5.54. The number of anilines is 1. The van der Waals surface area contributed by atoms with Gasteiger partial charge >= 0.3 is 5.97 Å². The fourth-order valence-electron chi connectivity index (χ4n) is 1.55. The van der Waals surface area contributed by atoms with Gasteiger partial charge in [-0.1, -0.05) is 0 Å².